The standard InChI is InChI=1S/C18H16N4O2/c1-24-12-6-7-15(23)14(10-12)17(19)22-18(20)16-13-5-3-2-4-11(13)8-9-21-16/h2-10,23H,1H3,(H3,19,20,22). The Morgan fingerprint density at radius 3 is 2.79 bits per heavy atom. The summed E-state index contributed by atoms with van der Waals surface area (Å²) in [7, 11) is 1.52. The van der Waals surface area contributed by atoms with E-state index >= 15 is 0 Å². The molecule has 24 heavy (non-hydrogen) atoms. The number of hydrogen-bond acceptors (Lipinski definition) is 4. The number of nitrogens with one attached hydrogen (secondary N) is 1. The van der Waals surface area contributed by atoms with E-state index in [0.717, 1.165) is 10.8 Å². The van der Waals surface area contributed by atoms with Crippen LogP contribution in [0.15, 0.2) is 59.7 Å². The number of amidine groups is 2. The molecule has 0 atom stereocenters. The van der Waals surface area contributed by atoms with Gasteiger partial charge in [-0.15, -0.1) is 0 Å². The van der Waals surface area contributed by atoms with Crippen LogP contribution >= 0.6 is 0 Å². The van der Waals surface area contributed by atoms with Crippen molar-refractivity contribution in [3.63, 3.8) is 0 Å². The summed E-state index contributed by atoms with van der Waals surface area (Å²) in [6.07, 6.45) is 1.63. The van der Waals surface area contributed by atoms with E-state index in [4.69, 9.17) is 15.9 Å². The highest BCUT2D eigenvalue weighted by Crippen LogP contribution is 2.23. The number of nitrogens with two attached hydrogens (primary N) is 1. The first-order valence-electron chi connectivity index (χ1n) is 7.24. The van der Waals surface area contributed by atoms with Gasteiger partial charge < -0.3 is 15.6 Å². The first-order chi connectivity index (χ1) is 11.6. The lowest BCUT2D eigenvalue weighted by atomic mass is 10.1. The number of phenols is 1. The Kier molecular flexibility index (Phi) is 4.11. The van der Waals surface area contributed by atoms with E-state index in [2.05, 4.69) is 9.98 Å². The number of rotatable bonds is 3. The smallest absolute Gasteiger partial charge is 0.173 e. The van der Waals surface area contributed by atoms with Gasteiger partial charge in [0, 0.05) is 11.6 Å². The lowest BCUT2D eigenvalue weighted by molar-refractivity contribution is 0.412. The minimum absolute atomic E-state index is 0.0196. The van der Waals surface area contributed by atoms with Gasteiger partial charge in [-0.25, -0.2) is 4.99 Å². The zero-order valence-corrected chi connectivity index (χ0v) is 13.0. The van der Waals surface area contributed by atoms with Gasteiger partial charge in [0.2, 0.25) is 0 Å². The molecule has 0 spiro atoms. The number of aliphatic imine (C=N–C) groups is 1. The number of fused-ring (bicyclic) bond motifs is 1. The number of phenolic OH excluding ortho intramolecular Hbond substituents is 1. The van der Waals surface area contributed by atoms with Crippen LogP contribution in [0.5, 0.6) is 11.5 Å². The number of aromatic nitrogens is 1. The second-order valence-corrected chi connectivity index (χ2v) is 5.11. The van der Waals surface area contributed by atoms with Crippen LogP contribution in [0.25, 0.3) is 10.8 Å². The zero-order valence-electron chi connectivity index (χ0n) is 13.0. The fourth-order valence-corrected chi connectivity index (χ4v) is 2.39. The summed E-state index contributed by atoms with van der Waals surface area (Å²) in [4.78, 5) is 8.34. The molecule has 6 heteroatoms. The van der Waals surface area contributed by atoms with Gasteiger partial charge in [-0.05, 0) is 29.7 Å². The minimum atomic E-state index is -0.0773. The maximum absolute atomic E-state index is 9.95. The van der Waals surface area contributed by atoms with E-state index < -0.39 is 0 Å². The zero-order chi connectivity index (χ0) is 17.1. The molecule has 2 aromatic carbocycles. The van der Waals surface area contributed by atoms with Crippen LogP contribution in [-0.2, 0) is 0 Å². The summed E-state index contributed by atoms with van der Waals surface area (Å²) in [6.45, 7) is 0. The highest BCUT2D eigenvalue weighted by Gasteiger charge is 2.11. The van der Waals surface area contributed by atoms with Crippen molar-refractivity contribution in [2.24, 2.45) is 10.7 Å². The van der Waals surface area contributed by atoms with Gasteiger partial charge in [0.05, 0.1) is 12.7 Å². The van der Waals surface area contributed by atoms with Crippen LogP contribution in [0.3, 0.4) is 0 Å². The van der Waals surface area contributed by atoms with Crippen molar-refractivity contribution in [3.8, 4) is 11.5 Å². The second-order valence-electron chi connectivity index (χ2n) is 5.11. The molecule has 0 saturated heterocycles. The molecule has 4 N–H and O–H groups in total. The average Bonchev–Trinajstić information content (AvgIpc) is 2.61. The Balaban J connectivity index is 2.02. The third kappa shape index (κ3) is 2.89. The predicted molar refractivity (Wildman–Crippen MR) is 94.0 cm³/mol. The molecule has 3 aromatic rings. The molecular formula is C18H16N4O2. The van der Waals surface area contributed by atoms with E-state index in [1.54, 1.807) is 18.3 Å². The topological polar surface area (TPSA) is 105 Å². The van der Waals surface area contributed by atoms with Crippen LogP contribution in [0, 0.1) is 5.41 Å². The molecule has 0 aliphatic carbocycles. The number of aromatic hydroxyl groups is 1. The summed E-state index contributed by atoms with van der Waals surface area (Å²) < 4.78 is 5.12. The van der Waals surface area contributed by atoms with Crippen molar-refractivity contribution in [1.29, 1.82) is 5.41 Å². The Morgan fingerprint density at radius 2 is 2.00 bits per heavy atom. The Morgan fingerprint density at radius 1 is 1.21 bits per heavy atom. The highest BCUT2D eigenvalue weighted by atomic mass is 16.5. The van der Waals surface area contributed by atoms with Gasteiger partial charge in [0.1, 0.15) is 23.0 Å². The van der Waals surface area contributed by atoms with Crippen LogP contribution in [0.1, 0.15) is 11.3 Å². The third-order valence-electron chi connectivity index (χ3n) is 3.61. The monoisotopic (exact) mass is 320 g/mol. The van der Waals surface area contributed by atoms with Crippen LogP contribution in [0.2, 0.25) is 0 Å². The van der Waals surface area contributed by atoms with E-state index in [0.29, 0.717) is 17.0 Å². The van der Waals surface area contributed by atoms with Crippen molar-refractivity contribution >= 4 is 22.4 Å². The van der Waals surface area contributed by atoms with Crippen molar-refractivity contribution in [2.75, 3.05) is 7.11 Å². The van der Waals surface area contributed by atoms with Crippen LogP contribution < -0.4 is 10.5 Å². The van der Waals surface area contributed by atoms with Gasteiger partial charge in [0.15, 0.2) is 5.84 Å². The fraction of sp³-hybridized carbons (Fsp3) is 0.0556. The second kappa shape index (κ2) is 6.37. The lowest BCUT2D eigenvalue weighted by Crippen LogP contribution is -2.17. The van der Waals surface area contributed by atoms with Gasteiger partial charge >= 0.3 is 0 Å². The summed E-state index contributed by atoms with van der Waals surface area (Å²) in [5.41, 5.74) is 6.70. The molecule has 0 aliphatic rings. The number of benzene rings is 2. The van der Waals surface area contributed by atoms with E-state index in [9.17, 15) is 5.11 Å². The van der Waals surface area contributed by atoms with Crippen LogP contribution in [-0.4, -0.2) is 28.9 Å². The largest absolute Gasteiger partial charge is 0.507 e. The SMILES string of the molecule is COc1ccc(O)c(C(N)=NC(=N)c2nccc3ccccc23)c1. The molecule has 1 aromatic heterocycles. The first-order valence-corrected chi connectivity index (χ1v) is 7.24. The highest BCUT2D eigenvalue weighted by molar-refractivity contribution is 6.14. The minimum Gasteiger partial charge on any atom is -0.507 e. The fourth-order valence-electron chi connectivity index (χ4n) is 2.39. The van der Waals surface area contributed by atoms with Gasteiger partial charge in [-0.1, -0.05) is 24.3 Å². The molecular weight excluding hydrogens is 304 g/mol. The molecule has 0 unspecified atom stereocenters. The van der Waals surface area contributed by atoms with Crippen molar-refractivity contribution in [2.45, 2.75) is 0 Å². The van der Waals surface area contributed by atoms with Crippen LogP contribution in [0.4, 0.5) is 0 Å². The summed E-state index contributed by atoms with van der Waals surface area (Å²) in [6, 6.07) is 14.1. The quantitative estimate of drug-likeness (QED) is 0.509. The molecule has 0 amide bonds. The van der Waals surface area contributed by atoms with Crippen molar-refractivity contribution < 1.29 is 9.84 Å². The van der Waals surface area contributed by atoms with Gasteiger partial charge in [-0.3, -0.25) is 10.4 Å². The summed E-state index contributed by atoms with van der Waals surface area (Å²) in [5, 5.41) is 20.0. The molecule has 120 valence electrons. The number of methoxy groups -OCH3 is 1. The van der Waals surface area contributed by atoms with Gasteiger partial charge in [-0.2, -0.15) is 0 Å². The Bertz CT molecular complexity index is 945. The first kappa shape index (κ1) is 15.5. The lowest BCUT2D eigenvalue weighted by Gasteiger charge is -2.08. The molecule has 1 heterocycles. The number of pyridine rings is 1. The normalized spacial score (nSPS) is 11.5. The maximum atomic E-state index is 9.95. The van der Waals surface area contributed by atoms with Crippen molar-refractivity contribution in [1.82, 2.24) is 4.98 Å². The number of nitrogens with zero attached hydrogens (tertiary/aromatic N) is 2. The molecule has 0 aliphatic heterocycles. The molecule has 0 radical (unpaired) electrons. The molecule has 0 saturated carbocycles. The molecule has 3 rings (SSSR count). The molecule has 6 nitrogen and oxygen atoms in total. The number of hydrogen-bond donors (Lipinski definition) is 3. The number of ether oxygens (including phenoxy) is 1. The summed E-state index contributed by atoms with van der Waals surface area (Å²) >= 11 is 0. The molecule has 0 fully saturated rings. The Hall–Kier alpha value is -3.41. The van der Waals surface area contributed by atoms with Gasteiger partial charge in [0.25, 0.3) is 0 Å². The maximum Gasteiger partial charge on any atom is 0.173 e. The van der Waals surface area contributed by atoms with E-state index in [-0.39, 0.29) is 17.4 Å². The van der Waals surface area contributed by atoms with Crippen molar-refractivity contribution in [3.05, 3.63) is 66.0 Å². The predicted octanol–water partition coefficient (Wildman–Crippen LogP) is 2.68. The Labute approximate surface area is 138 Å². The summed E-state index contributed by atoms with van der Waals surface area (Å²) in [5.74, 6) is 0.448. The van der Waals surface area contributed by atoms with E-state index in [1.165, 1.54) is 13.2 Å². The third-order valence-corrected chi connectivity index (χ3v) is 3.61. The van der Waals surface area contributed by atoms with E-state index in [1.807, 2.05) is 30.3 Å². The molecule has 0 bridgehead atoms. The average molecular weight is 320 g/mol.